The van der Waals surface area contributed by atoms with Crippen molar-refractivity contribution in [3.8, 4) is 0 Å². The fourth-order valence-corrected chi connectivity index (χ4v) is 4.55. The molecule has 0 unspecified atom stereocenters. The molecule has 1 aliphatic heterocycles. The highest BCUT2D eigenvalue weighted by Crippen LogP contribution is 2.48. The molecule has 1 aliphatic rings. The van der Waals surface area contributed by atoms with Gasteiger partial charge in [0.15, 0.2) is 5.78 Å². The Morgan fingerprint density at radius 2 is 1.50 bits per heavy atom. The van der Waals surface area contributed by atoms with Crippen LogP contribution in [-0.4, -0.2) is 11.7 Å². The summed E-state index contributed by atoms with van der Waals surface area (Å²) in [4.78, 5) is 29.7. The lowest BCUT2D eigenvalue weighted by Crippen LogP contribution is -2.28. The number of amides is 1. The molecule has 0 radical (unpaired) electrons. The van der Waals surface area contributed by atoms with E-state index in [-0.39, 0.29) is 11.7 Å². The molecule has 148 valence electrons. The maximum atomic E-state index is 13.1. The van der Waals surface area contributed by atoms with Crippen LogP contribution < -0.4 is 4.90 Å². The van der Waals surface area contributed by atoms with Gasteiger partial charge in [0.2, 0.25) is 5.91 Å². The predicted octanol–water partition coefficient (Wildman–Crippen LogP) is 7.16. The van der Waals surface area contributed by atoms with E-state index in [0.29, 0.717) is 18.4 Å². The van der Waals surface area contributed by atoms with Crippen LogP contribution in [0.15, 0.2) is 52.3 Å². The van der Waals surface area contributed by atoms with Gasteiger partial charge in [0, 0.05) is 28.2 Å². The molecule has 0 spiro atoms. The number of ketones is 1. The molecule has 28 heavy (non-hydrogen) atoms. The number of hydrogen-bond acceptors (Lipinski definition) is 3. The minimum atomic E-state index is 0.109. The van der Waals surface area contributed by atoms with Crippen LogP contribution in [-0.2, 0) is 4.79 Å². The lowest BCUT2D eigenvalue weighted by Gasteiger charge is -2.31. The molecule has 1 amide bonds. The molecule has 0 N–H and O–H groups in total. The van der Waals surface area contributed by atoms with E-state index >= 15 is 0 Å². The van der Waals surface area contributed by atoms with Crippen LogP contribution in [0.3, 0.4) is 0 Å². The summed E-state index contributed by atoms with van der Waals surface area (Å²) in [6.45, 7) is 4.28. The van der Waals surface area contributed by atoms with Gasteiger partial charge < -0.3 is 0 Å². The van der Waals surface area contributed by atoms with Crippen molar-refractivity contribution in [2.45, 2.75) is 75.0 Å². The molecule has 0 saturated heterocycles. The van der Waals surface area contributed by atoms with Gasteiger partial charge in [0.25, 0.3) is 0 Å². The Balaban J connectivity index is 1.92. The Morgan fingerprint density at radius 3 is 2.25 bits per heavy atom. The molecule has 0 aliphatic carbocycles. The number of para-hydroxylation sites is 1. The maximum absolute atomic E-state index is 13.1. The lowest BCUT2D eigenvalue weighted by atomic mass is 10.0. The molecular weight excluding hydrogens is 366 g/mol. The maximum Gasteiger partial charge on any atom is 0.231 e. The molecule has 3 rings (SSSR count). The summed E-state index contributed by atoms with van der Waals surface area (Å²) in [6, 6.07) is 13.9. The zero-order chi connectivity index (χ0) is 19.9. The van der Waals surface area contributed by atoms with E-state index in [9.17, 15) is 9.59 Å². The molecule has 1 heterocycles. The van der Waals surface area contributed by atoms with Crippen molar-refractivity contribution in [1.29, 1.82) is 0 Å². The summed E-state index contributed by atoms with van der Waals surface area (Å²) in [5.41, 5.74) is 2.49. The fourth-order valence-electron chi connectivity index (χ4n) is 3.51. The van der Waals surface area contributed by atoms with Gasteiger partial charge in [-0.15, -0.1) is 0 Å². The highest BCUT2D eigenvalue weighted by Gasteiger charge is 2.28. The average Bonchev–Trinajstić information content (AvgIpc) is 2.71. The zero-order valence-electron chi connectivity index (χ0n) is 16.9. The van der Waals surface area contributed by atoms with Crippen LogP contribution in [0, 0.1) is 0 Å². The van der Waals surface area contributed by atoms with Gasteiger partial charge in [-0.2, -0.15) is 0 Å². The van der Waals surface area contributed by atoms with E-state index in [2.05, 4.69) is 19.9 Å². The van der Waals surface area contributed by atoms with Crippen LogP contribution in [0.2, 0.25) is 0 Å². The number of unbranched alkanes of at least 4 members (excludes halogenated alkanes) is 4. The topological polar surface area (TPSA) is 37.4 Å². The first-order chi connectivity index (χ1) is 13.7. The van der Waals surface area contributed by atoms with Gasteiger partial charge in [-0.05, 0) is 37.1 Å². The molecule has 3 nitrogen and oxygen atoms in total. The number of nitrogens with zero attached hydrogens (tertiary/aromatic N) is 1. The molecule has 0 fully saturated rings. The molecule has 0 saturated carbocycles. The minimum absolute atomic E-state index is 0.109. The molecular formula is C24H29NO2S. The van der Waals surface area contributed by atoms with E-state index < -0.39 is 0 Å². The first-order valence-electron chi connectivity index (χ1n) is 10.4. The van der Waals surface area contributed by atoms with Gasteiger partial charge in [0.05, 0.1) is 11.4 Å². The third kappa shape index (κ3) is 4.67. The Labute approximate surface area is 172 Å². The largest absolute Gasteiger partial charge is 0.294 e. The second-order valence-electron chi connectivity index (χ2n) is 7.32. The van der Waals surface area contributed by atoms with Crippen molar-refractivity contribution in [3.05, 3.63) is 48.0 Å². The van der Waals surface area contributed by atoms with E-state index in [1.807, 2.05) is 41.3 Å². The summed E-state index contributed by atoms with van der Waals surface area (Å²) in [7, 11) is 0. The number of benzene rings is 2. The quantitative estimate of drug-likeness (QED) is 0.334. The van der Waals surface area contributed by atoms with Gasteiger partial charge in [-0.3, -0.25) is 14.5 Å². The fraction of sp³-hybridized carbons (Fsp3) is 0.417. The highest BCUT2D eigenvalue weighted by molar-refractivity contribution is 7.99. The van der Waals surface area contributed by atoms with E-state index in [1.54, 1.807) is 11.8 Å². The normalized spacial score (nSPS) is 12.4. The van der Waals surface area contributed by atoms with E-state index in [1.165, 1.54) is 0 Å². The minimum Gasteiger partial charge on any atom is -0.294 e. The van der Waals surface area contributed by atoms with Gasteiger partial charge in [-0.1, -0.05) is 69.5 Å². The van der Waals surface area contributed by atoms with E-state index in [4.69, 9.17) is 0 Å². The van der Waals surface area contributed by atoms with Gasteiger partial charge in [-0.25, -0.2) is 0 Å². The summed E-state index contributed by atoms with van der Waals surface area (Å²) in [5, 5.41) is 0. The zero-order valence-corrected chi connectivity index (χ0v) is 17.7. The second kappa shape index (κ2) is 9.92. The molecule has 0 bridgehead atoms. The third-order valence-corrected chi connectivity index (χ3v) is 6.23. The number of fused-ring (bicyclic) bond motifs is 2. The van der Waals surface area contributed by atoms with Crippen molar-refractivity contribution in [2.24, 2.45) is 0 Å². The average molecular weight is 396 g/mol. The van der Waals surface area contributed by atoms with Crippen molar-refractivity contribution in [3.63, 3.8) is 0 Å². The van der Waals surface area contributed by atoms with E-state index in [0.717, 1.165) is 59.7 Å². The number of carbonyl (C=O) groups excluding carboxylic acids is 2. The molecule has 0 atom stereocenters. The summed E-state index contributed by atoms with van der Waals surface area (Å²) >= 11 is 1.67. The monoisotopic (exact) mass is 395 g/mol. The number of hydrogen-bond donors (Lipinski definition) is 0. The number of anilines is 2. The van der Waals surface area contributed by atoms with Crippen LogP contribution in [0.1, 0.15) is 75.6 Å². The first kappa shape index (κ1) is 20.7. The van der Waals surface area contributed by atoms with Crippen LogP contribution >= 0.6 is 11.8 Å². The SMILES string of the molecule is CCCCCC(=O)c1ccc2c(c1)N(C(=O)CCCCC)c1ccccc1S2. The standard InChI is InChI=1S/C24H29NO2S/c1-3-5-7-12-21(26)18-15-16-23-20(17-18)25(24(27)14-8-6-4-2)19-11-9-10-13-22(19)28-23/h9-11,13,15-17H,3-8,12,14H2,1-2H3. The molecule has 2 aromatic rings. The van der Waals surface area contributed by atoms with Gasteiger partial charge in [0.1, 0.15) is 0 Å². The Morgan fingerprint density at radius 1 is 0.821 bits per heavy atom. The van der Waals surface area contributed by atoms with Crippen LogP contribution in [0.4, 0.5) is 11.4 Å². The number of rotatable bonds is 9. The van der Waals surface area contributed by atoms with Gasteiger partial charge >= 0.3 is 0 Å². The van der Waals surface area contributed by atoms with Crippen molar-refractivity contribution in [2.75, 3.05) is 4.90 Å². The second-order valence-corrected chi connectivity index (χ2v) is 8.40. The summed E-state index contributed by atoms with van der Waals surface area (Å²) < 4.78 is 0. The third-order valence-electron chi connectivity index (χ3n) is 5.10. The van der Waals surface area contributed by atoms with Crippen LogP contribution in [0.5, 0.6) is 0 Å². The van der Waals surface area contributed by atoms with Crippen molar-refractivity contribution < 1.29 is 9.59 Å². The van der Waals surface area contributed by atoms with Crippen molar-refractivity contribution >= 4 is 34.8 Å². The first-order valence-corrected chi connectivity index (χ1v) is 11.2. The lowest BCUT2D eigenvalue weighted by molar-refractivity contribution is -0.118. The summed E-state index contributed by atoms with van der Waals surface area (Å²) in [6.07, 6.45) is 7.23. The Bertz CT molecular complexity index is 846. The van der Waals surface area contributed by atoms with Crippen molar-refractivity contribution in [1.82, 2.24) is 0 Å². The highest BCUT2D eigenvalue weighted by atomic mass is 32.2. The molecule has 4 heteroatoms. The summed E-state index contributed by atoms with van der Waals surface area (Å²) in [5.74, 6) is 0.275. The number of Topliss-reactive ketones (excluding diaryl/α,β-unsaturated/α-hetero) is 1. The molecule has 0 aromatic heterocycles. The van der Waals surface area contributed by atoms with Crippen LogP contribution in [0.25, 0.3) is 0 Å². The molecule has 2 aromatic carbocycles. The Kier molecular flexibility index (Phi) is 7.32. The Hall–Kier alpha value is -2.07. The number of carbonyl (C=O) groups is 2. The predicted molar refractivity (Wildman–Crippen MR) is 117 cm³/mol. The smallest absolute Gasteiger partial charge is 0.231 e.